The predicted octanol–water partition coefficient (Wildman–Crippen LogP) is -0.763. The van der Waals surface area contributed by atoms with E-state index < -0.39 is 0 Å². The van der Waals surface area contributed by atoms with Crippen molar-refractivity contribution in [1.82, 2.24) is 0 Å². The van der Waals surface area contributed by atoms with Crippen LogP contribution in [0.3, 0.4) is 0 Å². The molecule has 10 heavy (non-hydrogen) atoms. The summed E-state index contributed by atoms with van der Waals surface area (Å²) in [7, 11) is 0. The van der Waals surface area contributed by atoms with Gasteiger partial charge < -0.3 is 4.42 Å². The van der Waals surface area contributed by atoms with Gasteiger partial charge in [0.25, 0.3) is 0 Å². The summed E-state index contributed by atoms with van der Waals surface area (Å²) in [6, 6.07) is 7.91. The topological polar surface area (TPSA) is 13.1 Å². The van der Waals surface area contributed by atoms with E-state index in [2.05, 4.69) is 6.26 Å². The van der Waals surface area contributed by atoms with Crippen molar-refractivity contribution in [2.75, 3.05) is 0 Å². The Morgan fingerprint density at radius 2 is 2.00 bits per heavy atom. The molecule has 2 rings (SSSR count). The van der Waals surface area contributed by atoms with Crippen LogP contribution >= 0.6 is 0 Å². The number of benzene rings is 1. The van der Waals surface area contributed by atoms with Gasteiger partial charge in [0, 0.05) is 6.26 Å². The Morgan fingerprint density at radius 1 is 1.20 bits per heavy atom. The minimum Gasteiger partial charge on any atom is -0.565 e. The SMILES string of the molecule is [Na+].[c-]1occ2ccccc12. The maximum atomic E-state index is 4.84. The van der Waals surface area contributed by atoms with Crippen molar-refractivity contribution in [2.45, 2.75) is 0 Å². The third-order valence-electron chi connectivity index (χ3n) is 1.32. The van der Waals surface area contributed by atoms with Gasteiger partial charge in [-0.3, -0.25) is 0 Å². The first-order valence-electron chi connectivity index (χ1n) is 2.81. The first-order valence-corrected chi connectivity index (χ1v) is 2.81. The summed E-state index contributed by atoms with van der Waals surface area (Å²) in [4.78, 5) is 0. The number of furan rings is 1. The zero-order chi connectivity index (χ0) is 6.10. The molecule has 0 amide bonds. The summed E-state index contributed by atoms with van der Waals surface area (Å²) in [5.74, 6) is 0. The Bertz CT molecular complexity index is 283. The molecule has 0 N–H and O–H groups in total. The second-order valence-corrected chi connectivity index (χ2v) is 1.93. The zero-order valence-corrected chi connectivity index (χ0v) is 7.79. The molecule has 0 bridgehead atoms. The van der Waals surface area contributed by atoms with Gasteiger partial charge in [0.15, 0.2) is 0 Å². The predicted molar refractivity (Wildman–Crippen MR) is 35.1 cm³/mol. The monoisotopic (exact) mass is 140 g/mol. The Morgan fingerprint density at radius 3 is 2.80 bits per heavy atom. The summed E-state index contributed by atoms with van der Waals surface area (Å²) in [5.41, 5.74) is 0. The van der Waals surface area contributed by atoms with E-state index in [1.807, 2.05) is 24.3 Å². The van der Waals surface area contributed by atoms with Crippen molar-refractivity contribution in [1.29, 1.82) is 0 Å². The number of hydrogen-bond acceptors (Lipinski definition) is 1. The second-order valence-electron chi connectivity index (χ2n) is 1.93. The molecule has 44 valence electrons. The van der Waals surface area contributed by atoms with Crippen molar-refractivity contribution in [2.24, 2.45) is 0 Å². The smallest absolute Gasteiger partial charge is 0.565 e. The van der Waals surface area contributed by atoms with Crippen LogP contribution in [0.2, 0.25) is 0 Å². The molecule has 0 unspecified atom stereocenters. The van der Waals surface area contributed by atoms with Crippen LogP contribution < -0.4 is 29.6 Å². The van der Waals surface area contributed by atoms with Crippen molar-refractivity contribution in [3.8, 4) is 0 Å². The molecular formula is C8H5NaO. The Labute approximate surface area is 81.3 Å². The fourth-order valence-corrected chi connectivity index (χ4v) is 0.849. The summed E-state index contributed by atoms with van der Waals surface area (Å²) in [5, 5.41) is 2.15. The summed E-state index contributed by atoms with van der Waals surface area (Å²) in [6.07, 6.45) is 4.43. The molecule has 0 fully saturated rings. The average Bonchev–Trinajstić information content (AvgIpc) is 2.33. The fourth-order valence-electron chi connectivity index (χ4n) is 0.849. The minimum absolute atomic E-state index is 0. The van der Waals surface area contributed by atoms with Gasteiger partial charge in [0.05, 0.1) is 0 Å². The van der Waals surface area contributed by atoms with Gasteiger partial charge >= 0.3 is 29.6 Å². The van der Waals surface area contributed by atoms with Crippen LogP contribution in [0.15, 0.2) is 34.9 Å². The van der Waals surface area contributed by atoms with Crippen LogP contribution in [0, 0.1) is 6.26 Å². The maximum Gasteiger partial charge on any atom is 1.00 e. The van der Waals surface area contributed by atoms with E-state index in [9.17, 15) is 0 Å². The van der Waals surface area contributed by atoms with Crippen LogP contribution in [-0.2, 0) is 0 Å². The normalized spacial score (nSPS) is 9.20. The van der Waals surface area contributed by atoms with E-state index in [4.69, 9.17) is 4.42 Å². The quantitative estimate of drug-likeness (QED) is 0.346. The number of rotatable bonds is 0. The number of fused-ring (bicyclic) bond motifs is 1. The fraction of sp³-hybridized carbons (Fsp3) is 0. The zero-order valence-electron chi connectivity index (χ0n) is 5.79. The molecule has 1 heterocycles. The molecule has 1 aromatic carbocycles. The van der Waals surface area contributed by atoms with E-state index in [-0.39, 0.29) is 29.6 Å². The molecule has 0 aliphatic carbocycles. The number of hydrogen-bond donors (Lipinski definition) is 0. The molecule has 0 spiro atoms. The van der Waals surface area contributed by atoms with Crippen molar-refractivity contribution < 1.29 is 34.0 Å². The van der Waals surface area contributed by atoms with Gasteiger partial charge in [0.1, 0.15) is 0 Å². The standard InChI is InChI=1S/C8H5O.Na/c1-2-4-8-6-9-5-7(8)3-1;/h1-5H;/q-1;+1. The molecule has 2 heteroatoms. The molecule has 0 radical (unpaired) electrons. The third kappa shape index (κ3) is 1.26. The molecule has 1 nitrogen and oxygen atoms in total. The van der Waals surface area contributed by atoms with Crippen molar-refractivity contribution in [3.05, 3.63) is 36.8 Å². The Kier molecular flexibility index (Phi) is 2.55. The molecule has 0 saturated heterocycles. The molecule has 0 saturated carbocycles. The van der Waals surface area contributed by atoms with Crippen LogP contribution in [-0.4, -0.2) is 0 Å². The largest absolute Gasteiger partial charge is 1.00 e. The van der Waals surface area contributed by atoms with Crippen molar-refractivity contribution >= 4 is 10.8 Å². The van der Waals surface area contributed by atoms with Gasteiger partial charge in [-0.25, -0.2) is 0 Å². The summed E-state index contributed by atoms with van der Waals surface area (Å²) < 4.78 is 4.84. The molecular weight excluding hydrogens is 135 g/mol. The Hall–Kier alpha value is -0.240. The van der Waals surface area contributed by atoms with Crippen LogP contribution in [0.5, 0.6) is 0 Å². The van der Waals surface area contributed by atoms with Crippen LogP contribution in [0.25, 0.3) is 10.8 Å². The van der Waals surface area contributed by atoms with E-state index in [1.54, 1.807) is 6.26 Å². The molecule has 1 aromatic heterocycles. The van der Waals surface area contributed by atoms with Crippen molar-refractivity contribution in [3.63, 3.8) is 0 Å². The van der Waals surface area contributed by atoms with E-state index in [0.717, 1.165) is 10.8 Å². The van der Waals surface area contributed by atoms with Gasteiger partial charge in [0.2, 0.25) is 0 Å². The van der Waals surface area contributed by atoms with Gasteiger partial charge in [-0.05, 0) is 6.26 Å². The van der Waals surface area contributed by atoms with E-state index >= 15 is 0 Å². The Balaban J connectivity index is 0.000000500. The molecule has 0 aliphatic heterocycles. The average molecular weight is 140 g/mol. The van der Waals surface area contributed by atoms with E-state index in [0.29, 0.717) is 0 Å². The van der Waals surface area contributed by atoms with Crippen LogP contribution in [0.1, 0.15) is 0 Å². The molecule has 0 atom stereocenters. The molecule has 0 aliphatic rings. The second kappa shape index (κ2) is 3.24. The first kappa shape index (κ1) is 7.86. The molecule has 2 aromatic rings. The van der Waals surface area contributed by atoms with Crippen LogP contribution in [0.4, 0.5) is 0 Å². The van der Waals surface area contributed by atoms with Gasteiger partial charge in [-0.2, -0.15) is 0 Å². The summed E-state index contributed by atoms with van der Waals surface area (Å²) in [6.45, 7) is 0. The summed E-state index contributed by atoms with van der Waals surface area (Å²) >= 11 is 0. The third-order valence-corrected chi connectivity index (χ3v) is 1.32. The van der Waals surface area contributed by atoms with Gasteiger partial charge in [-0.1, -0.05) is 6.07 Å². The first-order chi connectivity index (χ1) is 4.47. The van der Waals surface area contributed by atoms with Gasteiger partial charge in [-0.15, -0.1) is 29.0 Å². The maximum absolute atomic E-state index is 4.84. The van der Waals surface area contributed by atoms with E-state index in [1.165, 1.54) is 0 Å². The minimum atomic E-state index is 0.